The van der Waals surface area contributed by atoms with E-state index >= 15 is 0 Å². The van der Waals surface area contributed by atoms with Gasteiger partial charge in [-0.1, -0.05) is 25.5 Å². The molecule has 1 amide bonds. The molecule has 0 saturated carbocycles. The molecule has 0 aromatic carbocycles. The number of allylic oxidation sites excluding steroid dienone is 2. The lowest BCUT2D eigenvalue weighted by Gasteiger charge is -2.25. The number of unbranched alkanes of at least 4 members (excludes halogenated alkanes) is 1. The zero-order valence-corrected chi connectivity index (χ0v) is 12.7. The van der Waals surface area contributed by atoms with E-state index in [4.69, 9.17) is 0 Å². The van der Waals surface area contributed by atoms with Gasteiger partial charge in [-0.05, 0) is 32.6 Å². The van der Waals surface area contributed by atoms with Crippen molar-refractivity contribution in [1.82, 2.24) is 4.90 Å². The van der Waals surface area contributed by atoms with Crippen LogP contribution in [-0.4, -0.2) is 40.9 Å². The molecule has 1 saturated heterocycles. The molecule has 2 atom stereocenters. The van der Waals surface area contributed by atoms with Crippen LogP contribution >= 0.6 is 0 Å². The molecule has 1 aliphatic rings. The quantitative estimate of drug-likeness (QED) is 0.548. The minimum Gasteiger partial charge on any atom is -0.394 e. The first kappa shape index (κ1) is 16.9. The van der Waals surface area contributed by atoms with Crippen LogP contribution in [0.4, 0.5) is 0 Å². The average Bonchev–Trinajstić information content (AvgIpc) is 2.93. The van der Waals surface area contributed by atoms with E-state index in [2.05, 4.69) is 13.0 Å². The van der Waals surface area contributed by atoms with Gasteiger partial charge in [0.25, 0.3) is 0 Å². The van der Waals surface area contributed by atoms with Crippen LogP contribution in [0.3, 0.4) is 0 Å². The summed E-state index contributed by atoms with van der Waals surface area (Å²) in [6.45, 7) is 4.46. The molecule has 1 rings (SSSR count). The summed E-state index contributed by atoms with van der Waals surface area (Å²) in [5.41, 5.74) is 0. The molecule has 4 nitrogen and oxygen atoms in total. The highest BCUT2D eigenvalue weighted by atomic mass is 16.3. The number of likely N-dealkylation sites (tertiary alicyclic amines) is 1. The van der Waals surface area contributed by atoms with Crippen LogP contribution < -0.4 is 0 Å². The summed E-state index contributed by atoms with van der Waals surface area (Å²) < 4.78 is 0. The van der Waals surface area contributed by atoms with Crippen LogP contribution in [0.25, 0.3) is 0 Å². The van der Waals surface area contributed by atoms with Gasteiger partial charge in [0.05, 0.1) is 18.6 Å². The third-order valence-corrected chi connectivity index (χ3v) is 3.90. The number of hydrogen-bond acceptors (Lipinski definition) is 3. The predicted molar refractivity (Wildman–Crippen MR) is 79.3 cm³/mol. The highest BCUT2D eigenvalue weighted by molar-refractivity contribution is 6.01. The van der Waals surface area contributed by atoms with E-state index < -0.39 is 5.92 Å². The lowest BCUT2D eigenvalue weighted by atomic mass is 10.00. The van der Waals surface area contributed by atoms with Crippen molar-refractivity contribution in [3.8, 4) is 0 Å². The summed E-state index contributed by atoms with van der Waals surface area (Å²) in [6.07, 6.45) is 9.13. The van der Waals surface area contributed by atoms with Crippen LogP contribution in [0.5, 0.6) is 0 Å². The Morgan fingerprint density at radius 1 is 1.35 bits per heavy atom. The lowest BCUT2D eigenvalue weighted by Crippen LogP contribution is -2.42. The minimum atomic E-state index is -0.582. The van der Waals surface area contributed by atoms with Gasteiger partial charge in [0.2, 0.25) is 5.91 Å². The summed E-state index contributed by atoms with van der Waals surface area (Å²) in [7, 11) is 0. The molecular weight excluding hydrogens is 254 g/mol. The number of hydrogen-bond donors (Lipinski definition) is 1. The monoisotopic (exact) mass is 281 g/mol. The van der Waals surface area contributed by atoms with Crippen molar-refractivity contribution in [2.75, 3.05) is 13.2 Å². The molecule has 1 aliphatic heterocycles. The normalized spacial score (nSPS) is 20.6. The maximum atomic E-state index is 12.3. The van der Waals surface area contributed by atoms with Gasteiger partial charge in [0.15, 0.2) is 0 Å². The number of carbonyl (C=O) groups excluding carboxylic acids is 2. The summed E-state index contributed by atoms with van der Waals surface area (Å²) in [5.74, 6) is -0.703. The summed E-state index contributed by atoms with van der Waals surface area (Å²) in [6, 6.07) is -0.0952. The van der Waals surface area contributed by atoms with Crippen LogP contribution in [0.1, 0.15) is 52.4 Å². The maximum Gasteiger partial charge on any atom is 0.233 e. The van der Waals surface area contributed by atoms with Crippen molar-refractivity contribution in [3.05, 3.63) is 12.2 Å². The van der Waals surface area contributed by atoms with Gasteiger partial charge < -0.3 is 10.0 Å². The molecule has 4 heteroatoms. The number of Topliss-reactive ketones (excluding diaryl/α,β-unsaturated/α-hetero) is 1. The first-order valence-electron chi connectivity index (χ1n) is 7.70. The fourth-order valence-electron chi connectivity index (χ4n) is 2.55. The number of carbonyl (C=O) groups is 2. The zero-order valence-electron chi connectivity index (χ0n) is 12.7. The number of aliphatic hydroxyl groups is 1. The average molecular weight is 281 g/mol. The molecule has 0 spiro atoms. The Hall–Kier alpha value is -1.16. The van der Waals surface area contributed by atoms with E-state index in [1.807, 2.05) is 6.08 Å². The van der Waals surface area contributed by atoms with Crippen molar-refractivity contribution >= 4 is 11.7 Å². The van der Waals surface area contributed by atoms with Crippen molar-refractivity contribution in [1.29, 1.82) is 0 Å². The molecular formula is C16H27NO3. The Morgan fingerprint density at radius 3 is 2.70 bits per heavy atom. The number of amides is 1. The minimum absolute atomic E-state index is 0.000242. The van der Waals surface area contributed by atoms with Gasteiger partial charge in [-0.2, -0.15) is 0 Å². The van der Waals surface area contributed by atoms with Crippen LogP contribution in [0.2, 0.25) is 0 Å². The Bertz CT molecular complexity index is 352. The van der Waals surface area contributed by atoms with Crippen molar-refractivity contribution < 1.29 is 14.7 Å². The molecule has 20 heavy (non-hydrogen) atoms. The van der Waals surface area contributed by atoms with E-state index in [0.717, 1.165) is 25.7 Å². The van der Waals surface area contributed by atoms with Crippen molar-refractivity contribution in [2.45, 2.75) is 58.4 Å². The van der Waals surface area contributed by atoms with E-state index in [0.29, 0.717) is 19.4 Å². The zero-order chi connectivity index (χ0) is 15.0. The molecule has 1 fully saturated rings. The first-order valence-corrected chi connectivity index (χ1v) is 7.70. The second-order valence-corrected chi connectivity index (χ2v) is 5.50. The molecule has 1 N–H and O–H groups in total. The van der Waals surface area contributed by atoms with E-state index in [9.17, 15) is 14.7 Å². The second kappa shape index (κ2) is 8.90. The van der Waals surface area contributed by atoms with Gasteiger partial charge >= 0.3 is 0 Å². The molecule has 0 bridgehead atoms. The Kier molecular flexibility index (Phi) is 7.52. The van der Waals surface area contributed by atoms with Crippen LogP contribution in [0, 0.1) is 5.92 Å². The summed E-state index contributed by atoms with van der Waals surface area (Å²) in [4.78, 5) is 26.0. The van der Waals surface area contributed by atoms with E-state index in [-0.39, 0.29) is 24.3 Å². The molecule has 0 aromatic rings. The van der Waals surface area contributed by atoms with E-state index in [1.165, 1.54) is 0 Å². The van der Waals surface area contributed by atoms with Gasteiger partial charge in [0, 0.05) is 13.0 Å². The van der Waals surface area contributed by atoms with Gasteiger partial charge in [-0.25, -0.2) is 0 Å². The third-order valence-electron chi connectivity index (χ3n) is 3.90. The highest BCUT2D eigenvalue weighted by Crippen LogP contribution is 2.20. The SMILES string of the molecule is CCC/C=C/CCC(=O)[C@@H](C)C(=O)N1CCC[C@@H]1CO. The van der Waals surface area contributed by atoms with E-state index in [1.54, 1.807) is 11.8 Å². The number of rotatable bonds is 8. The smallest absolute Gasteiger partial charge is 0.233 e. The third kappa shape index (κ3) is 4.75. The lowest BCUT2D eigenvalue weighted by molar-refractivity contribution is -0.141. The fourth-order valence-corrected chi connectivity index (χ4v) is 2.55. The van der Waals surface area contributed by atoms with Crippen molar-refractivity contribution in [2.24, 2.45) is 5.92 Å². The first-order chi connectivity index (χ1) is 9.61. The summed E-state index contributed by atoms with van der Waals surface area (Å²) in [5, 5.41) is 9.24. The predicted octanol–water partition coefficient (Wildman–Crippen LogP) is 2.31. The summed E-state index contributed by atoms with van der Waals surface area (Å²) >= 11 is 0. The second-order valence-electron chi connectivity index (χ2n) is 5.50. The molecule has 0 aromatic heterocycles. The fraction of sp³-hybridized carbons (Fsp3) is 0.750. The number of aliphatic hydroxyl groups excluding tert-OH is 1. The van der Waals surface area contributed by atoms with Crippen LogP contribution in [0.15, 0.2) is 12.2 Å². The number of ketones is 1. The Balaban J connectivity index is 2.41. The largest absolute Gasteiger partial charge is 0.394 e. The molecule has 0 unspecified atom stereocenters. The molecule has 0 aliphatic carbocycles. The van der Waals surface area contributed by atoms with Crippen molar-refractivity contribution in [3.63, 3.8) is 0 Å². The maximum absolute atomic E-state index is 12.3. The Morgan fingerprint density at radius 2 is 2.05 bits per heavy atom. The molecule has 1 heterocycles. The Labute approximate surface area is 121 Å². The highest BCUT2D eigenvalue weighted by Gasteiger charge is 2.33. The molecule has 0 radical (unpaired) electrons. The van der Waals surface area contributed by atoms with Gasteiger partial charge in [-0.3, -0.25) is 9.59 Å². The number of nitrogens with zero attached hydrogens (tertiary/aromatic N) is 1. The van der Waals surface area contributed by atoms with Gasteiger partial charge in [-0.15, -0.1) is 0 Å². The standard InChI is InChI=1S/C16H27NO3/c1-3-4-5-6-7-10-15(19)13(2)16(20)17-11-8-9-14(17)12-18/h5-6,13-14,18H,3-4,7-12H2,1-2H3/b6-5+/t13-,14-/m1/s1. The topological polar surface area (TPSA) is 57.6 Å². The van der Waals surface area contributed by atoms with Crippen LogP contribution in [-0.2, 0) is 9.59 Å². The van der Waals surface area contributed by atoms with Gasteiger partial charge in [0.1, 0.15) is 5.78 Å². The molecule has 114 valence electrons.